The molecule has 2 saturated heterocycles. The molecule has 3 heterocycles. The first-order valence-electron chi connectivity index (χ1n) is 12.2. The fraction of sp³-hybridized carbons (Fsp3) is 0.400. The van der Waals surface area contributed by atoms with Crippen molar-refractivity contribution in [1.29, 1.82) is 0 Å². The summed E-state index contributed by atoms with van der Waals surface area (Å²) in [6.07, 6.45) is 0.578. The summed E-state index contributed by atoms with van der Waals surface area (Å²) in [5, 5.41) is 2.34. The standard InChI is InChI=1S/C25H29B2N3O5/c26-19-12-15(23(27)29-8-10-34-11-9-29)4-5-16(19)14-35-21-3-1-2-17-18(21)13-30(25(17)33)20-6-7-22(31)28-24(20)32/h1-5,12,20,23H,6-11,13-14,26-27H2,(H,28,31,32). The lowest BCUT2D eigenvalue weighted by Crippen LogP contribution is -2.52. The molecule has 5 rings (SSSR count). The predicted octanol–water partition coefficient (Wildman–Crippen LogP) is -0.751. The Balaban J connectivity index is 1.28. The Hall–Kier alpha value is -3.10. The second kappa shape index (κ2) is 9.87. The van der Waals surface area contributed by atoms with E-state index in [1.165, 1.54) is 5.56 Å². The zero-order valence-corrected chi connectivity index (χ0v) is 20.2. The summed E-state index contributed by atoms with van der Waals surface area (Å²) < 4.78 is 11.7. The molecule has 0 saturated carbocycles. The molecule has 2 fully saturated rings. The van der Waals surface area contributed by atoms with Gasteiger partial charge in [-0.25, -0.2) is 0 Å². The van der Waals surface area contributed by atoms with Crippen LogP contribution in [0.5, 0.6) is 5.75 Å². The Labute approximate surface area is 206 Å². The highest BCUT2D eigenvalue weighted by molar-refractivity contribution is 6.33. The van der Waals surface area contributed by atoms with E-state index in [1.54, 1.807) is 17.0 Å². The predicted molar refractivity (Wildman–Crippen MR) is 135 cm³/mol. The van der Waals surface area contributed by atoms with Gasteiger partial charge in [-0.3, -0.25) is 24.6 Å². The Kier molecular flexibility index (Phi) is 6.67. The monoisotopic (exact) mass is 473 g/mol. The normalized spacial score (nSPS) is 21.5. The van der Waals surface area contributed by atoms with Crippen molar-refractivity contribution in [2.24, 2.45) is 0 Å². The molecular weight excluding hydrogens is 444 g/mol. The van der Waals surface area contributed by atoms with Crippen LogP contribution in [-0.4, -0.2) is 75.6 Å². The maximum Gasteiger partial charge on any atom is 0.255 e. The van der Waals surface area contributed by atoms with Crippen LogP contribution in [0.1, 0.15) is 45.8 Å². The average molecular weight is 473 g/mol. The summed E-state index contributed by atoms with van der Waals surface area (Å²) in [6, 6.07) is 11.3. The van der Waals surface area contributed by atoms with E-state index in [2.05, 4.69) is 44.1 Å². The van der Waals surface area contributed by atoms with Crippen molar-refractivity contribution in [3.63, 3.8) is 0 Å². The first-order valence-corrected chi connectivity index (χ1v) is 12.2. The number of hydrogen-bond acceptors (Lipinski definition) is 6. The largest absolute Gasteiger partial charge is 0.489 e. The van der Waals surface area contributed by atoms with Gasteiger partial charge >= 0.3 is 0 Å². The third-order valence-electron chi connectivity index (χ3n) is 7.36. The van der Waals surface area contributed by atoms with E-state index in [9.17, 15) is 14.4 Å². The minimum atomic E-state index is -0.635. The topological polar surface area (TPSA) is 88.2 Å². The maximum absolute atomic E-state index is 13.0. The van der Waals surface area contributed by atoms with Gasteiger partial charge in [0.2, 0.25) is 11.8 Å². The lowest BCUT2D eigenvalue weighted by molar-refractivity contribution is -0.136. The Bertz CT molecular complexity index is 1170. The number of hydrogen-bond donors (Lipinski definition) is 1. The molecule has 35 heavy (non-hydrogen) atoms. The van der Waals surface area contributed by atoms with Crippen molar-refractivity contribution < 1.29 is 23.9 Å². The van der Waals surface area contributed by atoms with Crippen molar-refractivity contribution in [1.82, 2.24) is 15.1 Å². The van der Waals surface area contributed by atoms with Gasteiger partial charge in [-0.15, -0.1) is 0 Å². The van der Waals surface area contributed by atoms with E-state index in [4.69, 9.17) is 9.47 Å². The molecule has 2 aromatic carbocycles. The molecule has 180 valence electrons. The lowest BCUT2D eigenvalue weighted by Gasteiger charge is -2.33. The van der Waals surface area contributed by atoms with Crippen LogP contribution in [0.3, 0.4) is 0 Å². The van der Waals surface area contributed by atoms with Crippen LogP contribution in [0, 0.1) is 0 Å². The van der Waals surface area contributed by atoms with Crippen LogP contribution in [0.25, 0.3) is 0 Å². The molecule has 0 bridgehead atoms. The molecule has 3 aliphatic rings. The molecule has 0 aliphatic carbocycles. The van der Waals surface area contributed by atoms with E-state index in [-0.39, 0.29) is 18.2 Å². The number of benzene rings is 2. The number of nitrogens with zero attached hydrogens (tertiary/aromatic N) is 2. The first-order chi connectivity index (χ1) is 16.9. The number of piperidine rings is 1. The maximum atomic E-state index is 13.0. The number of amides is 3. The Morgan fingerprint density at radius 1 is 1.14 bits per heavy atom. The second-order valence-corrected chi connectivity index (χ2v) is 9.48. The van der Waals surface area contributed by atoms with Crippen molar-refractivity contribution >= 4 is 38.9 Å². The lowest BCUT2D eigenvalue weighted by atomic mass is 9.81. The number of morpholine rings is 1. The molecule has 0 radical (unpaired) electrons. The van der Waals surface area contributed by atoms with E-state index in [0.717, 1.165) is 42.9 Å². The van der Waals surface area contributed by atoms with Crippen LogP contribution in [0.15, 0.2) is 36.4 Å². The number of rotatable bonds is 6. The molecule has 8 nitrogen and oxygen atoms in total. The summed E-state index contributed by atoms with van der Waals surface area (Å²) >= 11 is 0. The number of nitrogens with one attached hydrogen (secondary N) is 1. The molecule has 3 amide bonds. The summed E-state index contributed by atoms with van der Waals surface area (Å²) in [5.74, 6) is 0.0784. The van der Waals surface area contributed by atoms with Crippen molar-refractivity contribution in [2.75, 3.05) is 26.3 Å². The fourth-order valence-corrected chi connectivity index (χ4v) is 5.16. The summed E-state index contributed by atoms with van der Waals surface area (Å²) in [6.45, 7) is 4.13. The van der Waals surface area contributed by atoms with Gasteiger partial charge in [0, 0.05) is 36.6 Å². The zero-order valence-electron chi connectivity index (χ0n) is 20.2. The number of fused-ring (bicyclic) bond motifs is 1. The van der Waals surface area contributed by atoms with Gasteiger partial charge in [-0.05, 0) is 29.7 Å². The minimum Gasteiger partial charge on any atom is -0.489 e. The van der Waals surface area contributed by atoms with E-state index in [1.807, 2.05) is 6.07 Å². The quantitative estimate of drug-likeness (QED) is 0.439. The zero-order chi connectivity index (χ0) is 24.5. The van der Waals surface area contributed by atoms with Crippen LogP contribution >= 0.6 is 0 Å². The van der Waals surface area contributed by atoms with Crippen LogP contribution < -0.4 is 15.5 Å². The van der Waals surface area contributed by atoms with Gasteiger partial charge in [-0.2, -0.15) is 0 Å². The number of carbonyl (C=O) groups is 3. The van der Waals surface area contributed by atoms with Crippen LogP contribution in [-0.2, 0) is 27.5 Å². The number of carbonyl (C=O) groups excluding carboxylic acids is 3. The summed E-state index contributed by atoms with van der Waals surface area (Å²) in [7, 11) is 4.33. The van der Waals surface area contributed by atoms with Crippen molar-refractivity contribution in [3.8, 4) is 5.75 Å². The van der Waals surface area contributed by atoms with E-state index in [0.29, 0.717) is 36.8 Å². The number of ether oxygens (including phenoxy) is 2. The molecule has 0 aromatic heterocycles. The fourth-order valence-electron chi connectivity index (χ4n) is 5.16. The first kappa shape index (κ1) is 23.6. The highest BCUT2D eigenvalue weighted by atomic mass is 16.5. The van der Waals surface area contributed by atoms with E-state index >= 15 is 0 Å². The molecule has 2 aromatic rings. The van der Waals surface area contributed by atoms with Crippen molar-refractivity contribution in [3.05, 3.63) is 58.7 Å². The van der Waals surface area contributed by atoms with E-state index < -0.39 is 11.9 Å². The van der Waals surface area contributed by atoms with Gasteiger partial charge in [0.05, 0.1) is 19.8 Å². The van der Waals surface area contributed by atoms with Crippen LogP contribution in [0.4, 0.5) is 0 Å². The van der Waals surface area contributed by atoms with Gasteiger partial charge in [-0.1, -0.05) is 29.7 Å². The molecular formula is C25H29B2N3O5. The average Bonchev–Trinajstić information content (AvgIpc) is 3.20. The third-order valence-corrected chi connectivity index (χ3v) is 7.36. The molecule has 1 N–H and O–H groups in total. The summed E-state index contributed by atoms with van der Waals surface area (Å²) in [4.78, 5) is 40.9. The summed E-state index contributed by atoms with van der Waals surface area (Å²) in [5.41, 5.74) is 4.87. The molecule has 2 unspecified atom stereocenters. The van der Waals surface area contributed by atoms with Crippen molar-refractivity contribution in [2.45, 2.75) is 38.0 Å². The highest BCUT2D eigenvalue weighted by Gasteiger charge is 2.40. The highest BCUT2D eigenvalue weighted by Crippen LogP contribution is 2.34. The smallest absolute Gasteiger partial charge is 0.255 e. The molecule has 0 spiro atoms. The van der Waals surface area contributed by atoms with Crippen LogP contribution in [0.2, 0.25) is 0 Å². The number of imide groups is 1. The Morgan fingerprint density at radius 2 is 1.94 bits per heavy atom. The second-order valence-electron chi connectivity index (χ2n) is 9.48. The Morgan fingerprint density at radius 3 is 2.69 bits per heavy atom. The van der Waals surface area contributed by atoms with Gasteiger partial charge in [0.25, 0.3) is 5.91 Å². The minimum absolute atomic E-state index is 0.197. The van der Waals surface area contributed by atoms with Gasteiger partial charge in [0.15, 0.2) is 0 Å². The van der Waals surface area contributed by atoms with Gasteiger partial charge < -0.3 is 14.4 Å². The van der Waals surface area contributed by atoms with Gasteiger partial charge in [0.1, 0.15) is 34.1 Å². The third kappa shape index (κ3) is 4.73. The molecule has 10 heteroatoms. The molecule has 2 atom stereocenters. The molecule has 3 aliphatic heterocycles. The SMILES string of the molecule is Bc1cc(C(B)N2CCOCC2)ccc1COc1cccc2c1CN(C1CCC(=O)NC1=O)C2=O.